The van der Waals surface area contributed by atoms with Crippen molar-refractivity contribution >= 4 is 43.5 Å². The van der Waals surface area contributed by atoms with Crippen molar-refractivity contribution in [2.45, 2.75) is 56.4 Å². The topological polar surface area (TPSA) is 105 Å². The number of nitrogens with one attached hydrogen (secondary N) is 1. The molecule has 7 heterocycles. The van der Waals surface area contributed by atoms with E-state index in [9.17, 15) is 8.78 Å². The lowest BCUT2D eigenvalue weighted by Crippen LogP contribution is -2.51. The SMILES string of the molecule is COc1nc(N2CC3CCC(C2)N3)c2ncc(-c3ccc(F)c4sc(N)nc34)cc2n1.FC1CC2CCCN2C1. The van der Waals surface area contributed by atoms with Gasteiger partial charge >= 0.3 is 6.01 Å². The number of alkyl halides is 1. The fourth-order valence-electron chi connectivity index (χ4n) is 6.66. The van der Waals surface area contributed by atoms with Gasteiger partial charge in [0.05, 0.1) is 22.8 Å². The smallest absolute Gasteiger partial charge is 0.318 e. The molecular formula is C28H32F2N8OS. The molecule has 0 amide bonds. The zero-order chi connectivity index (χ0) is 27.4. The number of piperazine rings is 1. The molecule has 4 aromatic rings. The highest BCUT2D eigenvalue weighted by atomic mass is 32.1. The molecule has 12 heteroatoms. The second kappa shape index (κ2) is 10.3. The highest BCUT2D eigenvalue weighted by molar-refractivity contribution is 7.22. The summed E-state index contributed by atoms with van der Waals surface area (Å²) in [5.74, 6) is 0.454. The monoisotopic (exact) mass is 566 g/mol. The van der Waals surface area contributed by atoms with Gasteiger partial charge in [0.15, 0.2) is 10.9 Å². The van der Waals surface area contributed by atoms with Crippen molar-refractivity contribution in [1.29, 1.82) is 0 Å². The molecule has 4 saturated heterocycles. The number of hydrogen-bond donors (Lipinski definition) is 2. The Bertz CT molecular complexity index is 1540. The van der Waals surface area contributed by atoms with E-state index in [2.05, 4.69) is 30.1 Å². The van der Waals surface area contributed by atoms with Crippen LogP contribution in [0.25, 0.3) is 32.4 Å². The van der Waals surface area contributed by atoms with Crippen LogP contribution in [0.4, 0.5) is 19.7 Å². The molecule has 2 bridgehead atoms. The number of thiazole rings is 1. The van der Waals surface area contributed by atoms with Crippen molar-refractivity contribution in [1.82, 2.24) is 30.2 Å². The fraction of sp³-hybridized carbons (Fsp3) is 0.500. The van der Waals surface area contributed by atoms with Gasteiger partial charge < -0.3 is 20.7 Å². The first-order chi connectivity index (χ1) is 19.4. The molecule has 40 heavy (non-hydrogen) atoms. The van der Waals surface area contributed by atoms with Crippen LogP contribution in [0.2, 0.25) is 0 Å². The van der Waals surface area contributed by atoms with Crippen molar-refractivity contribution in [2.24, 2.45) is 0 Å². The average molecular weight is 567 g/mol. The predicted octanol–water partition coefficient (Wildman–Crippen LogP) is 4.16. The first-order valence-electron chi connectivity index (χ1n) is 13.9. The maximum absolute atomic E-state index is 14.2. The number of pyridine rings is 1. The summed E-state index contributed by atoms with van der Waals surface area (Å²) in [6.07, 6.45) is 6.93. The summed E-state index contributed by atoms with van der Waals surface area (Å²) < 4.78 is 32.7. The van der Waals surface area contributed by atoms with Gasteiger partial charge in [0.2, 0.25) is 0 Å². The van der Waals surface area contributed by atoms with Gasteiger partial charge in [-0.25, -0.2) is 13.8 Å². The number of benzene rings is 1. The molecule has 0 spiro atoms. The van der Waals surface area contributed by atoms with Gasteiger partial charge in [0.25, 0.3) is 0 Å². The number of methoxy groups -OCH3 is 1. The van der Waals surface area contributed by atoms with Crippen LogP contribution in [-0.4, -0.2) is 82.4 Å². The van der Waals surface area contributed by atoms with Gasteiger partial charge in [-0.1, -0.05) is 11.3 Å². The molecule has 9 nitrogen and oxygen atoms in total. The van der Waals surface area contributed by atoms with E-state index in [4.69, 9.17) is 15.5 Å². The highest BCUT2D eigenvalue weighted by Gasteiger charge is 2.35. The maximum atomic E-state index is 14.2. The van der Waals surface area contributed by atoms with E-state index in [1.54, 1.807) is 19.4 Å². The fourth-order valence-corrected chi connectivity index (χ4v) is 7.43. The Morgan fingerprint density at radius 2 is 1.90 bits per heavy atom. The third-order valence-electron chi connectivity index (χ3n) is 8.48. The van der Waals surface area contributed by atoms with E-state index in [1.807, 2.05) is 6.07 Å². The Morgan fingerprint density at radius 3 is 2.67 bits per heavy atom. The molecule has 1 aromatic carbocycles. The number of nitrogens with two attached hydrogens (primary N) is 1. The quantitative estimate of drug-likeness (QED) is 0.378. The zero-order valence-corrected chi connectivity index (χ0v) is 23.1. The number of fused-ring (bicyclic) bond motifs is 5. The number of halogens is 2. The van der Waals surface area contributed by atoms with Gasteiger partial charge in [-0.05, 0) is 56.8 Å². The number of anilines is 2. The molecule has 0 radical (unpaired) electrons. The lowest BCUT2D eigenvalue weighted by Gasteiger charge is -2.34. The largest absolute Gasteiger partial charge is 0.467 e. The summed E-state index contributed by atoms with van der Waals surface area (Å²) in [5, 5.41) is 3.97. The highest BCUT2D eigenvalue weighted by Crippen LogP contribution is 2.36. The standard InChI is InChI=1S/C21H20FN7OS.C7H12FN/c1-30-21-26-15-6-10(13-4-5-14(22)18-16(13)27-20(23)31-18)7-24-17(15)19(28-21)29-8-11-2-3-12(9-29)25-11;8-6-4-7-2-1-3-9(7)5-6/h4-7,11-12,25H,2-3,8-9H2,1H3,(H2,23,27);6-7H,1-5H2. The van der Waals surface area contributed by atoms with E-state index in [1.165, 1.54) is 31.7 Å². The van der Waals surface area contributed by atoms with E-state index in [0.29, 0.717) is 51.5 Å². The summed E-state index contributed by atoms with van der Waals surface area (Å²) in [6, 6.07) is 6.91. The van der Waals surface area contributed by atoms with Crippen molar-refractivity contribution in [3.8, 4) is 17.1 Å². The Hall–Kier alpha value is -3.22. The Kier molecular flexibility index (Phi) is 6.63. The molecule has 0 saturated carbocycles. The van der Waals surface area contributed by atoms with Crippen molar-refractivity contribution < 1.29 is 13.5 Å². The molecule has 4 unspecified atom stereocenters. The molecule has 4 aliphatic heterocycles. The third-order valence-corrected chi connectivity index (χ3v) is 9.37. The van der Waals surface area contributed by atoms with Crippen LogP contribution in [0.3, 0.4) is 0 Å². The first kappa shape index (κ1) is 25.7. The van der Waals surface area contributed by atoms with E-state index in [0.717, 1.165) is 59.9 Å². The minimum atomic E-state index is -0.518. The van der Waals surface area contributed by atoms with Gasteiger partial charge in [0, 0.05) is 55.1 Å². The van der Waals surface area contributed by atoms with Gasteiger partial charge in [-0.15, -0.1) is 0 Å². The summed E-state index contributed by atoms with van der Waals surface area (Å²) in [5.41, 5.74) is 9.32. The Balaban J connectivity index is 0.000000249. The molecule has 210 valence electrons. The van der Waals surface area contributed by atoms with Crippen molar-refractivity contribution in [3.63, 3.8) is 0 Å². The van der Waals surface area contributed by atoms with Crippen LogP contribution >= 0.6 is 11.3 Å². The molecule has 4 aliphatic rings. The predicted molar refractivity (Wildman–Crippen MR) is 153 cm³/mol. The number of nitrogen functional groups attached to an aromatic ring is 1. The average Bonchev–Trinajstić information content (AvgIpc) is 3.72. The second-order valence-electron chi connectivity index (χ2n) is 11.1. The first-order valence-corrected chi connectivity index (χ1v) is 14.7. The number of ether oxygens (including phenoxy) is 1. The molecular weight excluding hydrogens is 534 g/mol. The number of rotatable bonds is 3. The van der Waals surface area contributed by atoms with Crippen LogP contribution in [0.15, 0.2) is 24.4 Å². The number of nitrogens with zero attached hydrogens (tertiary/aromatic N) is 6. The second-order valence-corrected chi connectivity index (χ2v) is 12.1. The number of hydrogen-bond acceptors (Lipinski definition) is 10. The Morgan fingerprint density at radius 1 is 1.07 bits per heavy atom. The lowest BCUT2D eigenvalue weighted by atomic mass is 10.1. The molecule has 8 rings (SSSR count). The van der Waals surface area contributed by atoms with Crippen LogP contribution in [0.1, 0.15) is 32.1 Å². The van der Waals surface area contributed by atoms with Gasteiger partial charge in [-0.2, -0.15) is 9.97 Å². The van der Waals surface area contributed by atoms with Crippen LogP contribution in [0, 0.1) is 5.82 Å². The van der Waals surface area contributed by atoms with Gasteiger partial charge in [-0.3, -0.25) is 9.88 Å². The van der Waals surface area contributed by atoms with E-state index >= 15 is 0 Å². The summed E-state index contributed by atoms with van der Waals surface area (Å²) in [4.78, 5) is 22.8. The minimum Gasteiger partial charge on any atom is -0.467 e. The summed E-state index contributed by atoms with van der Waals surface area (Å²) in [7, 11) is 1.56. The molecule has 4 atom stereocenters. The maximum Gasteiger partial charge on any atom is 0.318 e. The van der Waals surface area contributed by atoms with Crippen molar-refractivity contribution in [3.05, 3.63) is 30.2 Å². The lowest BCUT2D eigenvalue weighted by molar-refractivity contribution is 0.292. The zero-order valence-electron chi connectivity index (χ0n) is 22.3. The van der Waals surface area contributed by atoms with Crippen molar-refractivity contribution in [2.75, 3.05) is 43.9 Å². The summed E-state index contributed by atoms with van der Waals surface area (Å²) in [6.45, 7) is 3.62. The van der Waals surface area contributed by atoms with E-state index in [-0.39, 0.29) is 5.82 Å². The normalized spacial score (nSPS) is 25.8. The van der Waals surface area contributed by atoms with Crippen LogP contribution < -0.4 is 20.7 Å². The van der Waals surface area contributed by atoms with Crippen LogP contribution in [0.5, 0.6) is 6.01 Å². The molecule has 3 N–H and O–H groups in total. The molecule has 3 aromatic heterocycles. The van der Waals surface area contributed by atoms with E-state index < -0.39 is 6.17 Å². The summed E-state index contributed by atoms with van der Waals surface area (Å²) >= 11 is 1.14. The van der Waals surface area contributed by atoms with Gasteiger partial charge in [0.1, 0.15) is 17.5 Å². The minimum absolute atomic E-state index is 0.300. The molecule has 0 aliphatic carbocycles. The van der Waals surface area contributed by atoms with Crippen LogP contribution in [-0.2, 0) is 0 Å². The molecule has 4 fully saturated rings. The number of aromatic nitrogens is 4. The third kappa shape index (κ3) is 4.71. The Labute approximate surface area is 234 Å².